The first kappa shape index (κ1) is 17.7. The molecule has 0 fully saturated rings. The van der Waals surface area contributed by atoms with Gasteiger partial charge in [-0.25, -0.2) is 5.21 Å². The molecule has 7 nitrogen and oxygen atoms in total. The highest BCUT2D eigenvalue weighted by atomic mass is 16.8. The van der Waals surface area contributed by atoms with Gasteiger partial charge in [0.15, 0.2) is 11.5 Å². The van der Waals surface area contributed by atoms with E-state index in [-0.39, 0.29) is 39.3 Å². The van der Waals surface area contributed by atoms with E-state index in [9.17, 15) is 20.0 Å². The first-order valence-corrected chi connectivity index (χ1v) is 8.51. The molecule has 138 valence electrons. The quantitative estimate of drug-likeness (QED) is 0.376. The number of carbonyl (C=O) groups is 2. The molecule has 3 aromatic carbocycles. The lowest BCUT2D eigenvalue weighted by molar-refractivity contribution is -0.991. The van der Waals surface area contributed by atoms with Gasteiger partial charge in [0, 0.05) is 16.7 Å². The molecule has 0 heterocycles. The van der Waals surface area contributed by atoms with Gasteiger partial charge in [0.05, 0.1) is 23.0 Å². The summed E-state index contributed by atoms with van der Waals surface area (Å²) in [5.41, 5.74) is 4.01. The van der Waals surface area contributed by atoms with E-state index >= 15 is 0 Å². The molecule has 3 N–H and O–H groups in total. The number of hydrogen-bond acceptors (Lipinski definition) is 6. The standard InChI is InChI=1S/C21H15N3O4/c25-20-15-8-4-5-9-16(15)21(26)18-17(20)11-10-13(19(18)24(27)28)12-22-23-14-6-2-1-3-7-14/h1-12,23-24,27H. The van der Waals surface area contributed by atoms with Crippen molar-refractivity contribution in [3.8, 4) is 0 Å². The first-order chi connectivity index (χ1) is 13.6. The second kappa shape index (κ2) is 7.16. The minimum Gasteiger partial charge on any atom is -0.595 e. The third-order valence-corrected chi connectivity index (χ3v) is 4.51. The molecule has 7 heteroatoms. The molecule has 1 aliphatic rings. The molecule has 1 aliphatic carbocycles. The van der Waals surface area contributed by atoms with Crippen LogP contribution in [0.5, 0.6) is 0 Å². The molecule has 28 heavy (non-hydrogen) atoms. The highest BCUT2D eigenvalue weighted by Crippen LogP contribution is 2.32. The van der Waals surface area contributed by atoms with Crippen molar-refractivity contribution in [2.24, 2.45) is 5.10 Å². The molecule has 4 rings (SSSR count). The van der Waals surface area contributed by atoms with Gasteiger partial charge < -0.3 is 5.21 Å². The minimum absolute atomic E-state index is 0.0919. The third kappa shape index (κ3) is 2.99. The van der Waals surface area contributed by atoms with Crippen molar-refractivity contribution in [2.45, 2.75) is 0 Å². The van der Waals surface area contributed by atoms with Crippen LogP contribution in [0, 0.1) is 5.21 Å². The van der Waals surface area contributed by atoms with Crippen LogP contribution in [0.25, 0.3) is 0 Å². The number of nitrogens with zero attached hydrogens (tertiary/aromatic N) is 1. The van der Waals surface area contributed by atoms with E-state index in [0.29, 0.717) is 0 Å². The number of hydrazone groups is 1. The van der Waals surface area contributed by atoms with Gasteiger partial charge in [-0.3, -0.25) is 15.0 Å². The molecule has 0 aliphatic heterocycles. The van der Waals surface area contributed by atoms with E-state index in [4.69, 9.17) is 0 Å². The van der Waals surface area contributed by atoms with E-state index in [1.807, 2.05) is 18.2 Å². The molecular weight excluding hydrogens is 358 g/mol. The Bertz CT molecular complexity index is 1110. The first-order valence-electron chi connectivity index (χ1n) is 8.51. The molecule has 0 saturated heterocycles. The van der Waals surface area contributed by atoms with E-state index in [1.165, 1.54) is 24.4 Å². The Hall–Kier alpha value is -3.65. The number of fused-ring (bicyclic) bond motifs is 2. The van der Waals surface area contributed by atoms with Gasteiger partial charge in [-0.15, -0.1) is 0 Å². The van der Waals surface area contributed by atoms with Crippen LogP contribution in [-0.4, -0.2) is 23.0 Å². The number of para-hydroxylation sites is 1. The van der Waals surface area contributed by atoms with E-state index in [0.717, 1.165) is 5.69 Å². The summed E-state index contributed by atoms with van der Waals surface area (Å²) in [7, 11) is 0. The molecule has 3 aromatic rings. The summed E-state index contributed by atoms with van der Waals surface area (Å²) < 4.78 is 0. The minimum atomic E-state index is -1.29. The third-order valence-electron chi connectivity index (χ3n) is 4.51. The molecule has 0 amide bonds. The number of anilines is 1. The van der Waals surface area contributed by atoms with Crippen molar-refractivity contribution in [3.63, 3.8) is 0 Å². The SMILES string of the molecule is O=C1c2ccccc2C(=O)c2c1ccc(C=NNc1ccccc1)c2[NH+]([O-])O. The number of benzene rings is 3. The molecule has 0 spiro atoms. The Kier molecular flexibility index (Phi) is 4.54. The van der Waals surface area contributed by atoms with Crippen LogP contribution in [0.1, 0.15) is 37.4 Å². The van der Waals surface area contributed by atoms with E-state index in [2.05, 4.69) is 10.5 Å². The van der Waals surface area contributed by atoms with Crippen molar-refractivity contribution in [2.75, 3.05) is 5.43 Å². The van der Waals surface area contributed by atoms with Crippen molar-refractivity contribution in [3.05, 3.63) is 99.8 Å². The highest BCUT2D eigenvalue weighted by molar-refractivity contribution is 6.30. The molecule has 1 atom stereocenters. The van der Waals surface area contributed by atoms with Crippen molar-refractivity contribution in [1.82, 2.24) is 0 Å². The van der Waals surface area contributed by atoms with Crippen LogP contribution in [0.4, 0.5) is 11.4 Å². The lowest BCUT2D eigenvalue weighted by atomic mass is 9.82. The second-order valence-corrected chi connectivity index (χ2v) is 6.20. The lowest BCUT2D eigenvalue weighted by Gasteiger charge is -2.23. The zero-order chi connectivity index (χ0) is 19.7. The van der Waals surface area contributed by atoms with Crippen LogP contribution < -0.4 is 10.7 Å². The van der Waals surface area contributed by atoms with Crippen LogP contribution in [0.15, 0.2) is 71.8 Å². The van der Waals surface area contributed by atoms with Gasteiger partial charge >= 0.3 is 0 Å². The maximum atomic E-state index is 13.0. The maximum Gasteiger partial charge on any atom is 0.200 e. The number of quaternary nitrogens is 1. The zero-order valence-electron chi connectivity index (χ0n) is 14.5. The average molecular weight is 373 g/mol. The second-order valence-electron chi connectivity index (χ2n) is 6.20. The summed E-state index contributed by atoms with van der Waals surface area (Å²) in [4.78, 5) is 25.7. The molecule has 0 saturated carbocycles. The monoisotopic (exact) mass is 373 g/mol. The smallest absolute Gasteiger partial charge is 0.200 e. The molecule has 0 radical (unpaired) electrons. The summed E-state index contributed by atoms with van der Waals surface area (Å²) in [5, 5.41) is 24.5. The number of ketones is 2. The highest BCUT2D eigenvalue weighted by Gasteiger charge is 2.35. The van der Waals surface area contributed by atoms with Crippen LogP contribution in [0.3, 0.4) is 0 Å². The van der Waals surface area contributed by atoms with Crippen LogP contribution in [0.2, 0.25) is 0 Å². The van der Waals surface area contributed by atoms with Gasteiger partial charge in [-0.1, -0.05) is 42.5 Å². The Morgan fingerprint density at radius 3 is 2.18 bits per heavy atom. The van der Waals surface area contributed by atoms with Crippen LogP contribution >= 0.6 is 0 Å². The predicted octanol–water partition coefficient (Wildman–Crippen LogP) is 2.31. The maximum absolute atomic E-state index is 13.0. The van der Waals surface area contributed by atoms with E-state index < -0.39 is 11.0 Å². The predicted molar refractivity (Wildman–Crippen MR) is 103 cm³/mol. The number of nitrogens with one attached hydrogen (secondary N) is 2. The van der Waals surface area contributed by atoms with Crippen molar-refractivity contribution in [1.29, 1.82) is 0 Å². The summed E-state index contributed by atoms with van der Waals surface area (Å²) >= 11 is 0. The fourth-order valence-corrected chi connectivity index (χ4v) is 3.23. The topological polar surface area (TPSA) is 106 Å². The summed E-state index contributed by atoms with van der Waals surface area (Å²) in [6, 6.07) is 18.5. The van der Waals surface area contributed by atoms with Crippen LogP contribution in [-0.2, 0) is 0 Å². The lowest BCUT2D eigenvalue weighted by Crippen LogP contribution is -2.99. The van der Waals surface area contributed by atoms with Gasteiger partial charge in [0.1, 0.15) is 0 Å². The molecular formula is C21H15N3O4. The Morgan fingerprint density at radius 2 is 1.50 bits per heavy atom. The van der Waals surface area contributed by atoms with Gasteiger partial charge in [-0.05, 0) is 24.3 Å². The number of carbonyl (C=O) groups excluding carboxylic acids is 2. The average Bonchev–Trinajstić information content (AvgIpc) is 2.72. The Morgan fingerprint density at radius 1 is 0.857 bits per heavy atom. The summed E-state index contributed by atoms with van der Waals surface area (Å²) in [6.07, 6.45) is 1.33. The molecule has 1 unspecified atom stereocenters. The fourth-order valence-electron chi connectivity index (χ4n) is 3.23. The summed E-state index contributed by atoms with van der Waals surface area (Å²) in [6.45, 7) is 0. The van der Waals surface area contributed by atoms with Gasteiger partial charge in [0.25, 0.3) is 0 Å². The molecule has 0 bridgehead atoms. The molecule has 0 aromatic heterocycles. The summed E-state index contributed by atoms with van der Waals surface area (Å²) in [5.74, 6) is -0.840. The van der Waals surface area contributed by atoms with Crippen molar-refractivity contribution >= 4 is 29.2 Å². The Labute approximate surface area is 160 Å². The number of rotatable bonds is 4. The van der Waals surface area contributed by atoms with Gasteiger partial charge in [-0.2, -0.15) is 10.3 Å². The van der Waals surface area contributed by atoms with E-state index in [1.54, 1.807) is 30.3 Å². The van der Waals surface area contributed by atoms with Crippen molar-refractivity contribution < 1.29 is 20.0 Å². The largest absolute Gasteiger partial charge is 0.595 e. The van der Waals surface area contributed by atoms with Gasteiger partial charge in [0.2, 0.25) is 5.78 Å². The number of hydrogen-bond donors (Lipinski definition) is 3. The Balaban J connectivity index is 1.78. The fraction of sp³-hybridized carbons (Fsp3) is 0. The normalized spacial score (nSPS) is 13.9. The zero-order valence-corrected chi connectivity index (χ0v) is 14.5.